The Morgan fingerprint density at radius 3 is 2.80 bits per heavy atom. The molecule has 0 aliphatic rings. The van der Waals surface area contributed by atoms with Crippen LogP contribution in [-0.4, -0.2) is 9.55 Å². The minimum atomic E-state index is 0.611. The Morgan fingerprint density at radius 1 is 1.40 bits per heavy atom. The standard InChI is InChI=1S/C12H15ClN2/c1-8(2)7-15-9(3)14-11-5-4-10(13)6-12(11)15/h4-6,8H,7H2,1-3H3. The number of hydrogen-bond acceptors (Lipinski definition) is 1. The number of rotatable bonds is 2. The Balaban J connectivity index is 2.60. The van der Waals surface area contributed by atoms with Gasteiger partial charge in [-0.25, -0.2) is 4.98 Å². The second-order valence-electron chi connectivity index (χ2n) is 4.30. The van der Waals surface area contributed by atoms with E-state index in [0.29, 0.717) is 5.92 Å². The largest absolute Gasteiger partial charge is 0.328 e. The normalized spacial score (nSPS) is 11.5. The summed E-state index contributed by atoms with van der Waals surface area (Å²) in [6.07, 6.45) is 0. The highest BCUT2D eigenvalue weighted by molar-refractivity contribution is 6.31. The van der Waals surface area contributed by atoms with Gasteiger partial charge in [0.25, 0.3) is 0 Å². The first-order valence-electron chi connectivity index (χ1n) is 5.20. The summed E-state index contributed by atoms with van der Waals surface area (Å²) in [5.74, 6) is 1.67. The zero-order valence-electron chi connectivity index (χ0n) is 9.29. The fourth-order valence-corrected chi connectivity index (χ4v) is 1.98. The molecule has 0 aliphatic carbocycles. The molecule has 1 aromatic carbocycles. The van der Waals surface area contributed by atoms with Gasteiger partial charge in [-0.1, -0.05) is 25.4 Å². The lowest BCUT2D eigenvalue weighted by Gasteiger charge is -2.09. The lowest BCUT2D eigenvalue weighted by Crippen LogP contribution is -2.05. The Morgan fingerprint density at radius 2 is 2.13 bits per heavy atom. The third-order valence-corrected chi connectivity index (χ3v) is 2.68. The van der Waals surface area contributed by atoms with E-state index < -0.39 is 0 Å². The molecule has 0 N–H and O–H groups in total. The fourth-order valence-electron chi connectivity index (χ4n) is 1.81. The molecule has 0 aliphatic heterocycles. The Labute approximate surface area is 94.9 Å². The number of hydrogen-bond donors (Lipinski definition) is 0. The molecule has 0 saturated heterocycles. The molecule has 0 fully saturated rings. The highest BCUT2D eigenvalue weighted by Crippen LogP contribution is 2.21. The molecule has 80 valence electrons. The molecule has 0 unspecified atom stereocenters. The number of aryl methyl sites for hydroxylation is 1. The summed E-state index contributed by atoms with van der Waals surface area (Å²) >= 11 is 6.00. The maximum Gasteiger partial charge on any atom is 0.106 e. The van der Waals surface area contributed by atoms with Crippen molar-refractivity contribution in [3.63, 3.8) is 0 Å². The van der Waals surface area contributed by atoms with Gasteiger partial charge in [-0.3, -0.25) is 0 Å². The molecule has 0 radical (unpaired) electrons. The van der Waals surface area contributed by atoms with Crippen LogP contribution in [0.5, 0.6) is 0 Å². The first-order valence-corrected chi connectivity index (χ1v) is 5.58. The van der Waals surface area contributed by atoms with Crippen molar-refractivity contribution in [1.82, 2.24) is 9.55 Å². The summed E-state index contributed by atoms with van der Waals surface area (Å²) in [7, 11) is 0. The van der Waals surface area contributed by atoms with Gasteiger partial charge in [-0.05, 0) is 31.0 Å². The van der Waals surface area contributed by atoms with Crippen molar-refractivity contribution in [2.45, 2.75) is 27.3 Å². The molecule has 0 bridgehead atoms. The van der Waals surface area contributed by atoms with E-state index in [1.54, 1.807) is 0 Å². The fraction of sp³-hybridized carbons (Fsp3) is 0.417. The summed E-state index contributed by atoms with van der Waals surface area (Å²) in [5.41, 5.74) is 2.16. The summed E-state index contributed by atoms with van der Waals surface area (Å²) in [4.78, 5) is 4.51. The molecule has 1 heterocycles. The summed E-state index contributed by atoms with van der Waals surface area (Å²) in [6, 6.07) is 5.84. The van der Waals surface area contributed by atoms with Crippen molar-refractivity contribution in [3.8, 4) is 0 Å². The second kappa shape index (κ2) is 3.86. The second-order valence-corrected chi connectivity index (χ2v) is 4.73. The van der Waals surface area contributed by atoms with Crippen molar-refractivity contribution in [2.24, 2.45) is 5.92 Å². The number of halogens is 1. The van der Waals surface area contributed by atoms with Gasteiger partial charge in [0, 0.05) is 11.6 Å². The van der Waals surface area contributed by atoms with E-state index in [9.17, 15) is 0 Å². The van der Waals surface area contributed by atoms with Crippen LogP contribution in [0.4, 0.5) is 0 Å². The van der Waals surface area contributed by atoms with Crippen LogP contribution in [0.2, 0.25) is 5.02 Å². The molecule has 0 amide bonds. The first kappa shape index (κ1) is 10.5. The molecule has 2 nitrogen and oxygen atoms in total. The van der Waals surface area contributed by atoms with Gasteiger partial charge in [0.2, 0.25) is 0 Å². The van der Waals surface area contributed by atoms with Gasteiger partial charge in [-0.2, -0.15) is 0 Å². The predicted octanol–water partition coefficient (Wildman–Crippen LogP) is 3.65. The lowest BCUT2D eigenvalue weighted by molar-refractivity contribution is 0.524. The van der Waals surface area contributed by atoms with E-state index in [1.807, 2.05) is 25.1 Å². The van der Waals surface area contributed by atoms with Gasteiger partial charge in [-0.15, -0.1) is 0 Å². The topological polar surface area (TPSA) is 17.8 Å². The van der Waals surface area contributed by atoms with Crippen LogP contribution in [0, 0.1) is 12.8 Å². The maximum atomic E-state index is 6.00. The number of fused-ring (bicyclic) bond motifs is 1. The zero-order valence-corrected chi connectivity index (χ0v) is 10.0. The molecule has 15 heavy (non-hydrogen) atoms. The number of benzene rings is 1. The Kier molecular flexibility index (Phi) is 2.70. The van der Waals surface area contributed by atoms with Crippen molar-refractivity contribution in [1.29, 1.82) is 0 Å². The summed E-state index contributed by atoms with van der Waals surface area (Å²) in [6.45, 7) is 7.44. The van der Waals surface area contributed by atoms with E-state index in [4.69, 9.17) is 11.6 Å². The van der Waals surface area contributed by atoms with Crippen molar-refractivity contribution in [2.75, 3.05) is 0 Å². The SMILES string of the molecule is Cc1nc2ccc(Cl)cc2n1CC(C)C. The molecule has 0 saturated carbocycles. The molecule has 0 atom stereocenters. The molecule has 0 spiro atoms. The van der Waals surface area contributed by atoms with E-state index in [2.05, 4.69) is 23.4 Å². The van der Waals surface area contributed by atoms with E-state index in [1.165, 1.54) is 0 Å². The van der Waals surface area contributed by atoms with E-state index >= 15 is 0 Å². The van der Waals surface area contributed by atoms with Gasteiger partial charge < -0.3 is 4.57 Å². The minimum absolute atomic E-state index is 0.611. The quantitative estimate of drug-likeness (QED) is 0.759. The number of nitrogens with zero attached hydrogens (tertiary/aromatic N) is 2. The van der Waals surface area contributed by atoms with Crippen LogP contribution >= 0.6 is 11.6 Å². The molecular weight excluding hydrogens is 208 g/mol. The molecule has 3 heteroatoms. The minimum Gasteiger partial charge on any atom is -0.328 e. The van der Waals surface area contributed by atoms with Gasteiger partial charge >= 0.3 is 0 Å². The average Bonchev–Trinajstić information content (AvgIpc) is 2.43. The van der Waals surface area contributed by atoms with Crippen molar-refractivity contribution < 1.29 is 0 Å². The smallest absolute Gasteiger partial charge is 0.106 e. The van der Waals surface area contributed by atoms with Crippen LogP contribution < -0.4 is 0 Å². The summed E-state index contributed by atoms with van der Waals surface area (Å²) in [5, 5.41) is 0.771. The van der Waals surface area contributed by atoms with Crippen LogP contribution in [0.15, 0.2) is 18.2 Å². The van der Waals surface area contributed by atoms with Crippen LogP contribution in [-0.2, 0) is 6.54 Å². The van der Waals surface area contributed by atoms with Crippen molar-refractivity contribution in [3.05, 3.63) is 29.0 Å². The predicted molar refractivity (Wildman–Crippen MR) is 64.3 cm³/mol. The van der Waals surface area contributed by atoms with Crippen molar-refractivity contribution >= 4 is 22.6 Å². The zero-order chi connectivity index (χ0) is 11.0. The Bertz CT molecular complexity index is 486. The third-order valence-electron chi connectivity index (χ3n) is 2.45. The summed E-state index contributed by atoms with van der Waals surface area (Å²) < 4.78 is 2.23. The van der Waals surface area contributed by atoms with Gasteiger partial charge in [0.15, 0.2) is 0 Å². The highest BCUT2D eigenvalue weighted by Gasteiger charge is 2.08. The number of imidazole rings is 1. The van der Waals surface area contributed by atoms with E-state index in [0.717, 1.165) is 28.4 Å². The maximum absolute atomic E-state index is 6.00. The van der Waals surface area contributed by atoms with Crippen LogP contribution in [0.25, 0.3) is 11.0 Å². The van der Waals surface area contributed by atoms with E-state index in [-0.39, 0.29) is 0 Å². The monoisotopic (exact) mass is 222 g/mol. The molecular formula is C12H15ClN2. The van der Waals surface area contributed by atoms with Crippen LogP contribution in [0.1, 0.15) is 19.7 Å². The molecule has 2 aromatic rings. The average molecular weight is 223 g/mol. The van der Waals surface area contributed by atoms with Crippen LogP contribution in [0.3, 0.4) is 0 Å². The number of aromatic nitrogens is 2. The van der Waals surface area contributed by atoms with Gasteiger partial charge in [0.05, 0.1) is 11.0 Å². The molecule has 2 rings (SSSR count). The first-order chi connectivity index (χ1) is 7.08. The van der Waals surface area contributed by atoms with Gasteiger partial charge in [0.1, 0.15) is 5.82 Å². The molecule has 1 aromatic heterocycles. The lowest BCUT2D eigenvalue weighted by atomic mass is 10.2. The third kappa shape index (κ3) is 2.00. The highest BCUT2D eigenvalue weighted by atomic mass is 35.5. The Hall–Kier alpha value is -1.02.